The van der Waals surface area contributed by atoms with Crippen molar-refractivity contribution in [1.29, 1.82) is 0 Å². The molecule has 0 aliphatic rings. The van der Waals surface area contributed by atoms with E-state index < -0.39 is 0 Å². The SMILES string of the molecule is COC(C)CCC(O)Cc1sccc1Br. The van der Waals surface area contributed by atoms with Crippen LogP contribution in [0, 0.1) is 0 Å². The fraction of sp³-hybridized carbons (Fsp3) is 0.636. The first-order valence-electron chi connectivity index (χ1n) is 5.06. The molecule has 4 heteroatoms. The number of hydrogen-bond donors (Lipinski definition) is 1. The third-order valence-electron chi connectivity index (χ3n) is 2.42. The number of aliphatic hydroxyl groups excluding tert-OH is 1. The Hall–Kier alpha value is 0.100. The van der Waals surface area contributed by atoms with Crippen molar-refractivity contribution in [2.24, 2.45) is 0 Å². The third kappa shape index (κ3) is 4.64. The van der Waals surface area contributed by atoms with Crippen LogP contribution < -0.4 is 0 Å². The summed E-state index contributed by atoms with van der Waals surface area (Å²) >= 11 is 5.14. The predicted octanol–water partition coefficient (Wildman–Crippen LogP) is 3.23. The summed E-state index contributed by atoms with van der Waals surface area (Å²) in [4.78, 5) is 1.22. The quantitative estimate of drug-likeness (QED) is 0.872. The van der Waals surface area contributed by atoms with Crippen LogP contribution in [0.3, 0.4) is 0 Å². The number of hydrogen-bond acceptors (Lipinski definition) is 3. The molecule has 0 saturated heterocycles. The molecule has 2 unspecified atom stereocenters. The molecule has 1 rings (SSSR count). The Morgan fingerprint density at radius 2 is 2.27 bits per heavy atom. The van der Waals surface area contributed by atoms with Gasteiger partial charge in [0.1, 0.15) is 0 Å². The van der Waals surface area contributed by atoms with Crippen LogP contribution in [0.15, 0.2) is 15.9 Å². The highest BCUT2D eigenvalue weighted by Crippen LogP contribution is 2.24. The van der Waals surface area contributed by atoms with Gasteiger partial charge >= 0.3 is 0 Å². The summed E-state index contributed by atoms with van der Waals surface area (Å²) in [5, 5.41) is 11.9. The van der Waals surface area contributed by atoms with E-state index in [9.17, 15) is 5.11 Å². The lowest BCUT2D eigenvalue weighted by Crippen LogP contribution is -2.14. The molecular weight excluding hydrogens is 276 g/mol. The first kappa shape index (κ1) is 13.2. The van der Waals surface area contributed by atoms with Gasteiger partial charge in [-0.2, -0.15) is 0 Å². The summed E-state index contributed by atoms with van der Waals surface area (Å²) in [5.74, 6) is 0. The average Bonchev–Trinajstić information content (AvgIpc) is 2.61. The lowest BCUT2D eigenvalue weighted by atomic mass is 10.1. The number of rotatable bonds is 6. The number of methoxy groups -OCH3 is 1. The molecule has 0 radical (unpaired) electrons. The third-order valence-corrected chi connectivity index (χ3v) is 4.37. The second kappa shape index (κ2) is 6.63. The molecule has 1 N–H and O–H groups in total. The lowest BCUT2D eigenvalue weighted by Gasteiger charge is -2.13. The fourth-order valence-electron chi connectivity index (χ4n) is 1.33. The van der Waals surface area contributed by atoms with Crippen molar-refractivity contribution in [3.63, 3.8) is 0 Å². The van der Waals surface area contributed by atoms with Gasteiger partial charge in [0.05, 0.1) is 12.2 Å². The van der Waals surface area contributed by atoms with Crippen LogP contribution in [0.4, 0.5) is 0 Å². The second-order valence-electron chi connectivity index (χ2n) is 3.67. The van der Waals surface area contributed by atoms with Gasteiger partial charge in [0.2, 0.25) is 0 Å². The Morgan fingerprint density at radius 1 is 1.53 bits per heavy atom. The van der Waals surface area contributed by atoms with Gasteiger partial charge < -0.3 is 9.84 Å². The maximum Gasteiger partial charge on any atom is 0.0589 e. The van der Waals surface area contributed by atoms with E-state index in [0.29, 0.717) is 0 Å². The molecule has 86 valence electrons. The zero-order chi connectivity index (χ0) is 11.3. The average molecular weight is 293 g/mol. The summed E-state index contributed by atoms with van der Waals surface area (Å²) in [5.41, 5.74) is 0. The van der Waals surface area contributed by atoms with Gasteiger partial charge in [0.25, 0.3) is 0 Å². The molecule has 0 fully saturated rings. The van der Waals surface area contributed by atoms with Crippen LogP contribution in [-0.4, -0.2) is 24.4 Å². The zero-order valence-electron chi connectivity index (χ0n) is 9.07. The molecule has 0 bridgehead atoms. The van der Waals surface area contributed by atoms with Crippen LogP contribution in [-0.2, 0) is 11.2 Å². The van der Waals surface area contributed by atoms with Crippen LogP contribution in [0.5, 0.6) is 0 Å². The van der Waals surface area contributed by atoms with Gasteiger partial charge in [-0.1, -0.05) is 0 Å². The maximum atomic E-state index is 9.82. The number of thiophene rings is 1. The van der Waals surface area contributed by atoms with Gasteiger partial charge in [0, 0.05) is 22.9 Å². The van der Waals surface area contributed by atoms with E-state index in [-0.39, 0.29) is 12.2 Å². The molecule has 1 aromatic rings. The van der Waals surface area contributed by atoms with Gasteiger partial charge in [-0.05, 0) is 47.1 Å². The largest absolute Gasteiger partial charge is 0.393 e. The minimum Gasteiger partial charge on any atom is -0.393 e. The summed E-state index contributed by atoms with van der Waals surface area (Å²) in [7, 11) is 1.70. The molecule has 0 amide bonds. The minimum atomic E-state index is -0.266. The summed E-state index contributed by atoms with van der Waals surface area (Å²) in [6, 6.07) is 2.02. The highest BCUT2D eigenvalue weighted by Gasteiger charge is 2.11. The molecule has 0 aliphatic heterocycles. The van der Waals surface area contributed by atoms with E-state index >= 15 is 0 Å². The van der Waals surface area contributed by atoms with Crippen molar-refractivity contribution in [1.82, 2.24) is 0 Å². The predicted molar refractivity (Wildman–Crippen MR) is 67.4 cm³/mol. The Morgan fingerprint density at radius 3 is 2.80 bits per heavy atom. The Bertz CT molecular complexity index is 288. The number of ether oxygens (including phenoxy) is 1. The molecule has 1 aromatic heterocycles. The molecule has 0 aliphatic carbocycles. The second-order valence-corrected chi connectivity index (χ2v) is 5.53. The number of aliphatic hydroxyl groups is 1. The van der Waals surface area contributed by atoms with E-state index in [1.165, 1.54) is 4.88 Å². The topological polar surface area (TPSA) is 29.5 Å². The van der Waals surface area contributed by atoms with Crippen molar-refractivity contribution < 1.29 is 9.84 Å². The van der Waals surface area contributed by atoms with E-state index in [2.05, 4.69) is 15.9 Å². The number of halogens is 1. The van der Waals surface area contributed by atoms with Gasteiger partial charge in [-0.3, -0.25) is 0 Å². The van der Waals surface area contributed by atoms with Crippen LogP contribution >= 0.6 is 27.3 Å². The Balaban J connectivity index is 2.30. The van der Waals surface area contributed by atoms with Crippen molar-refractivity contribution in [2.75, 3.05) is 7.11 Å². The van der Waals surface area contributed by atoms with Crippen molar-refractivity contribution >= 4 is 27.3 Å². The maximum absolute atomic E-state index is 9.82. The highest BCUT2D eigenvalue weighted by molar-refractivity contribution is 9.10. The van der Waals surface area contributed by atoms with Crippen molar-refractivity contribution in [3.05, 3.63) is 20.8 Å². The molecule has 0 aromatic carbocycles. The lowest BCUT2D eigenvalue weighted by molar-refractivity contribution is 0.0853. The van der Waals surface area contributed by atoms with Gasteiger partial charge in [-0.25, -0.2) is 0 Å². The van der Waals surface area contributed by atoms with Crippen LogP contribution in [0.1, 0.15) is 24.6 Å². The van der Waals surface area contributed by atoms with E-state index in [1.807, 2.05) is 18.4 Å². The molecule has 1 heterocycles. The normalized spacial score (nSPS) is 15.2. The molecule has 0 saturated carbocycles. The Labute approximate surface area is 103 Å². The first-order valence-corrected chi connectivity index (χ1v) is 6.73. The summed E-state index contributed by atoms with van der Waals surface area (Å²) < 4.78 is 6.24. The fourth-order valence-corrected chi connectivity index (χ4v) is 2.92. The molecular formula is C11H17BrO2S. The van der Waals surface area contributed by atoms with E-state index in [4.69, 9.17) is 4.74 Å². The standard InChI is InChI=1S/C11H17BrO2S/c1-8(14-2)3-4-9(13)7-11-10(12)5-6-15-11/h5-6,8-9,13H,3-4,7H2,1-2H3. The summed E-state index contributed by atoms with van der Waals surface area (Å²) in [6.07, 6.45) is 2.39. The summed E-state index contributed by atoms with van der Waals surface area (Å²) in [6.45, 7) is 2.02. The first-order chi connectivity index (χ1) is 7.13. The monoisotopic (exact) mass is 292 g/mol. The molecule has 0 spiro atoms. The molecule has 15 heavy (non-hydrogen) atoms. The van der Waals surface area contributed by atoms with E-state index in [1.54, 1.807) is 18.4 Å². The minimum absolute atomic E-state index is 0.228. The van der Waals surface area contributed by atoms with Crippen molar-refractivity contribution in [2.45, 2.75) is 38.4 Å². The van der Waals surface area contributed by atoms with Gasteiger partial charge in [-0.15, -0.1) is 11.3 Å². The Kier molecular flexibility index (Phi) is 5.82. The van der Waals surface area contributed by atoms with Crippen LogP contribution in [0.2, 0.25) is 0 Å². The van der Waals surface area contributed by atoms with Crippen molar-refractivity contribution in [3.8, 4) is 0 Å². The highest BCUT2D eigenvalue weighted by atomic mass is 79.9. The van der Waals surface area contributed by atoms with Gasteiger partial charge in [0.15, 0.2) is 0 Å². The zero-order valence-corrected chi connectivity index (χ0v) is 11.5. The van der Waals surface area contributed by atoms with E-state index in [0.717, 1.165) is 23.7 Å². The molecule has 2 nitrogen and oxygen atoms in total. The van der Waals surface area contributed by atoms with Crippen LogP contribution in [0.25, 0.3) is 0 Å². The smallest absolute Gasteiger partial charge is 0.0589 e. The molecule has 2 atom stereocenters.